The molecule has 1 aromatic carbocycles. The van der Waals surface area contributed by atoms with E-state index >= 15 is 0 Å². The third-order valence-electron chi connectivity index (χ3n) is 4.58. The van der Waals surface area contributed by atoms with E-state index in [-0.39, 0.29) is 11.5 Å². The molecule has 2 heterocycles. The second kappa shape index (κ2) is 5.22. The van der Waals surface area contributed by atoms with Crippen molar-refractivity contribution < 1.29 is 8.78 Å². The minimum Gasteiger partial charge on any atom is -0.362 e. The van der Waals surface area contributed by atoms with Gasteiger partial charge in [0.25, 0.3) is 6.43 Å². The van der Waals surface area contributed by atoms with Gasteiger partial charge in [0.1, 0.15) is 5.82 Å². The molecule has 24 heavy (non-hydrogen) atoms. The predicted molar refractivity (Wildman–Crippen MR) is 86.2 cm³/mol. The van der Waals surface area contributed by atoms with E-state index in [4.69, 9.17) is 0 Å². The van der Waals surface area contributed by atoms with Gasteiger partial charge >= 0.3 is 0 Å². The van der Waals surface area contributed by atoms with Gasteiger partial charge in [0.15, 0.2) is 5.65 Å². The standard InChI is InChI=1S/C17H17F2N5/c1-17(2)9-12(10-5-3-4-6-11(10)17)20-13-7-8-14-21-22-16(15(18)19)24(14)23-13/h3-8,12,15H,9H2,1-2H3,(H,20,23). The summed E-state index contributed by atoms with van der Waals surface area (Å²) in [5.74, 6) is 0.0857. The van der Waals surface area contributed by atoms with Gasteiger partial charge in [-0.05, 0) is 35.1 Å². The Morgan fingerprint density at radius 3 is 2.75 bits per heavy atom. The number of fused-ring (bicyclic) bond motifs is 2. The average Bonchev–Trinajstić information content (AvgIpc) is 3.07. The Hall–Kier alpha value is -2.57. The Balaban J connectivity index is 1.69. The summed E-state index contributed by atoms with van der Waals surface area (Å²) in [6.45, 7) is 4.41. The molecule has 0 radical (unpaired) electrons. The van der Waals surface area contributed by atoms with Crippen LogP contribution in [0.25, 0.3) is 5.65 Å². The van der Waals surface area contributed by atoms with E-state index in [0.29, 0.717) is 11.5 Å². The van der Waals surface area contributed by atoms with Crippen LogP contribution in [0.5, 0.6) is 0 Å². The van der Waals surface area contributed by atoms with Crippen LogP contribution in [0.15, 0.2) is 36.4 Å². The number of rotatable bonds is 3. The van der Waals surface area contributed by atoms with Crippen LogP contribution in [0, 0.1) is 0 Å². The summed E-state index contributed by atoms with van der Waals surface area (Å²) in [6.07, 6.45) is -1.80. The van der Waals surface area contributed by atoms with E-state index in [1.807, 2.05) is 12.1 Å². The number of benzene rings is 1. The fourth-order valence-electron chi connectivity index (χ4n) is 3.47. The first-order valence-electron chi connectivity index (χ1n) is 7.82. The molecule has 3 aromatic rings. The maximum atomic E-state index is 13.0. The smallest absolute Gasteiger partial charge is 0.299 e. The van der Waals surface area contributed by atoms with Gasteiger partial charge in [-0.25, -0.2) is 8.78 Å². The van der Waals surface area contributed by atoms with Crippen molar-refractivity contribution in [3.63, 3.8) is 0 Å². The van der Waals surface area contributed by atoms with Crippen molar-refractivity contribution in [3.05, 3.63) is 53.3 Å². The monoisotopic (exact) mass is 329 g/mol. The summed E-state index contributed by atoms with van der Waals surface area (Å²) in [5, 5.41) is 14.8. The normalized spacial score (nSPS) is 19.0. The summed E-state index contributed by atoms with van der Waals surface area (Å²) in [6, 6.07) is 11.8. The summed E-state index contributed by atoms with van der Waals surface area (Å²) < 4.78 is 27.1. The van der Waals surface area contributed by atoms with Crippen LogP contribution in [-0.2, 0) is 5.41 Å². The number of nitrogens with zero attached hydrogens (tertiary/aromatic N) is 4. The predicted octanol–water partition coefficient (Wildman–Crippen LogP) is 3.90. The fourth-order valence-corrected chi connectivity index (χ4v) is 3.47. The second-order valence-corrected chi connectivity index (χ2v) is 6.72. The number of hydrogen-bond acceptors (Lipinski definition) is 4. The van der Waals surface area contributed by atoms with E-state index in [1.54, 1.807) is 12.1 Å². The van der Waals surface area contributed by atoms with Gasteiger partial charge in [-0.15, -0.1) is 15.3 Å². The number of hydrogen-bond donors (Lipinski definition) is 1. The lowest BCUT2D eigenvalue weighted by Gasteiger charge is -2.19. The molecule has 1 unspecified atom stereocenters. The average molecular weight is 329 g/mol. The first-order valence-corrected chi connectivity index (χ1v) is 7.82. The molecule has 0 amide bonds. The van der Waals surface area contributed by atoms with Gasteiger partial charge in [-0.3, -0.25) is 0 Å². The molecule has 0 bridgehead atoms. The number of nitrogens with one attached hydrogen (secondary N) is 1. The van der Waals surface area contributed by atoms with Crippen LogP contribution in [0.3, 0.4) is 0 Å². The van der Waals surface area contributed by atoms with Crippen LogP contribution < -0.4 is 5.32 Å². The molecule has 0 spiro atoms. The Kier molecular flexibility index (Phi) is 3.26. The molecule has 0 aliphatic heterocycles. The molecule has 0 fully saturated rings. The van der Waals surface area contributed by atoms with E-state index in [0.717, 1.165) is 10.9 Å². The summed E-state index contributed by atoms with van der Waals surface area (Å²) >= 11 is 0. The number of aromatic nitrogens is 4. The van der Waals surface area contributed by atoms with Crippen molar-refractivity contribution in [2.24, 2.45) is 0 Å². The molecule has 1 aliphatic carbocycles. The van der Waals surface area contributed by atoms with Gasteiger partial charge in [-0.2, -0.15) is 4.52 Å². The first-order chi connectivity index (χ1) is 11.5. The van der Waals surface area contributed by atoms with Gasteiger partial charge in [-0.1, -0.05) is 38.1 Å². The van der Waals surface area contributed by atoms with Gasteiger partial charge in [0.05, 0.1) is 6.04 Å². The Labute approximate surface area is 137 Å². The Morgan fingerprint density at radius 1 is 1.17 bits per heavy atom. The molecule has 0 saturated heterocycles. The molecule has 124 valence electrons. The highest BCUT2D eigenvalue weighted by Gasteiger charge is 2.36. The molecular weight excluding hydrogens is 312 g/mol. The fraction of sp³-hybridized carbons (Fsp3) is 0.353. The van der Waals surface area contributed by atoms with E-state index in [9.17, 15) is 8.78 Å². The summed E-state index contributed by atoms with van der Waals surface area (Å²) in [7, 11) is 0. The third kappa shape index (κ3) is 2.31. The van der Waals surface area contributed by atoms with E-state index in [2.05, 4.69) is 46.6 Å². The molecule has 5 nitrogen and oxygen atoms in total. The van der Waals surface area contributed by atoms with Crippen molar-refractivity contribution in [2.45, 2.75) is 38.2 Å². The third-order valence-corrected chi connectivity index (χ3v) is 4.58. The Morgan fingerprint density at radius 2 is 1.96 bits per heavy atom. The van der Waals surface area contributed by atoms with Gasteiger partial charge in [0.2, 0.25) is 5.82 Å². The molecule has 2 aromatic heterocycles. The van der Waals surface area contributed by atoms with Crippen molar-refractivity contribution >= 4 is 11.5 Å². The lowest BCUT2D eigenvalue weighted by molar-refractivity contribution is 0.137. The summed E-state index contributed by atoms with van der Waals surface area (Å²) in [5.41, 5.74) is 2.90. The number of alkyl halides is 2. The van der Waals surface area contributed by atoms with Crippen LogP contribution in [0.2, 0.25) is 0 Å². The number of anilines is 1. The minimum atomic E-state index is -2.71. The van der Waals surface area contributed by atoms with Crippen molar-refractivity contribution in [1.82, 2.24) is 19.8 Å². The van der Waals surface area contributed by atoms with Gasteiger partial charge in [0, 0.05) is 0 Å². The minimum absolute atomic E-state index is 0.0586. The highest BCUT2D eigenvalue weighted by Crippen LogP contribution is 2.45. The molecular formula is C17H17F2N5. The lowest BCUT2D eigenvalue weighted by atomic mass is 9.86. The number of halogens is 2. The zero-order valence-corrected chi connectivity index (χ0v) is 13.4. The van der Waals surface area contributed by atoms with Crippen molar-refractivity contribution in [3.8, 4) is 0 Å². The van der Waals surface area contributed by atoms with Crippen LogP contribution >= 0.6 is 0 Å². The molecule has 7 heteroatoms. The highest BCUT2D eigenvalue weighted by atomic mass is 19.3. The maximum Gasteiger partial charge on any atom is 0.299 e. The SMILES string of the molecule is CC1(C)CC(Nc2ccc3nnc(C(F)F)n3n2)c2ccccc21. The molecule has 1 aliphatic rings. The van der Waals surface area contributed by atoms with Crippen molar-refractivity contribution in [2.75, 3.05) is 5.32 Å². The molecule has 0 saturated carbocycles. The second-order valence-electron chi connectivity index (χ2n) is 6.72. The van der Waals surface area contributed by atoms with Gasteiger partial charge < -0.3 is 5.32 Å². The molecule has 1 N–H and O–H groups in total. The zero-order valence-electron chi connectivity index (χ0n) is 13.4. The topological polar surface area (TPSA) is 55.1 Å². The van der Waals surface area contributed by atoms with E-state index in [1.165, 1.54) is 11.1 Å². The summed E-state index contributed by atoms with van der Waals surface area (Å²) in [4.78, 5) is 0. The first kappa shape index (κ1) is 15.0. The molecule has 4 rings (SSSR count). The quantitative estimate of drug-likeness (QED) is 0.792. The van der Waals surface area contributed by atoms with Crippen LogP contribution in [0.4, 0.5) is 14.6 Å². The van der Waals surface area contributed by atoms with E-state index < -0.39 is 12.2 Å². The maximum absolute atomic E-state index is 13.0. The largest absolute Gasteiger partial charge is 0.362 e. The highest BCUT2D eigenvalue weighted by molar-refractivity contribution is 5.49. The lowest BCUT2D eigenvalue weighted by Crippen LogP contribution is -2.15. The van der Waals surface area contributed by atoms with Crippen molar-refractivity contribution in [1.29, 1.82) is 0 Å². The Bertz CT molecular complexity index is 903. The van der Waals surface area contributed by atoms with Crippen LogP contribution in [0.1, 0.15) is 49.7 Å². The zero-order chi connectivity index (χ0) is 16.9. The van der Waals surface area contributed by atoms with Crippen LogP contribution in [-0.4, -0.2) is 19.8 Å². The molecule has 1 atom stereocenters.